The molecule has 2 aromatic heterocycles. The molecule has 1 atom stereocenters. The third kappa shape index (κ3) is 2.35. The summed E-state index contributed by atoms with van der Waals surface area (Å²) in [5, 5.41) is 0. The Morgan fingerprint density at radius 2 is 1.82 bits per heavy atom. The van der Waals surface area contributed by atoms with E-state index in [4.69, 9.17) is 10.6 Å². The van der Waals surface area contributed by atoms with Crippen LogP contribution in [-0.4, -0.2) is 27.0 Å². The SMILES string of the molecule is COc1nccnc1C(NN)c1ncccn1. The zero-order chi connectivity index (χ0) is 12.1. The van der Waals surface area contributed by atoms with Gasteiger partial charge in [0.05, 0.1) is 7.11 Å². The monoisotopic (exact) mass is 232 g/mol. The van der Waals surface area contributed by atoms with Crippen LogP contribution in [-0.2, 0) is 0 Å². The second-order valence-corrected chi connectivity index (χ2v) is 3.16. The number of aromatic nitrogens is 4. The Morgan fingerprint density at radius 1 is 1.12 bits per heavy atom. The van der Waals surface area contributed by atoms with Crippen molar-refractivity contribution in [2.75, 3.05) is 7.11 Å². The van der Waals surface area contributed by atoms with Crippen molar-refractivity contribution < 1.29 is 4.74 Å². The largest absolute Gasteiger partial charge is 0.480 e. The summed E-state index contributed by atoms with van der Waals surface area (Å²) in [7, 11) is 1.52. The molecule has 0 aliphatic carbocycles. The van der Waals surface area contributed by atoms with Crippen molar-refractivity contribution in [3.63, 3.8) is 0 Å². The summed E-state index contributed by atoms with van der Waals surface area (Å²) in [6, 6.07) is 1.27. The molecule has 0 spiro atoms. The lowest BCUT2D eigenvalue weighted by Crippen LogP contribution is -2.31. The van der Waals surface area contributed by atoms with E-state index in [-0.39, 0.29) is 0 Å². The van der Waals surface area contributed by atoms with Crippen molar-refractivity contribution in [3.8, 4) is 5.88 Å². The number of hydrogen-bond donors (Lipinski definition) is 2. The molecule has 0 saturated heterocycles. The molecular formula is C10H12N6O. The first-order chi connectivity index (χ1) is 8.36. The van der Waals surface area contributed by atoms with Gasteiger partial charge in [-0.25, -0.2) is 20.4 Å². The van der Waals surface area contributed by atoms with Crippen molar-refractivity contribution >= 4 is 0 Å². The molecule has 0 radical (unpaired) electrons. The Balaban J connectivity index is 2.42. The van der Waals surface area contributed by atoms with E-state index in [1.165, 1.54) is 7.11 Å². The molecule has 2 aromatic rings. The lowest BCUT2D eigenvalue weighted by molar-refractivity contribution is 0.381. The van der Waals surface area contributed by atoms with E-state index >= 15 is 0 Å². The highest BCUT2D eigenvalue weighted by Gasteiger charge is 2.21. The normalized spacial score (nSPS) is 12.1. The minimum atomic E-state index is -0.458. The molecule has 88 valence electrons. The van der Waals surface area contributed by atoms with Crippen LogP contribution in [0.5, 0.6) is 5.88 Å². The zero-order valence-corrected chi connectivity index (χ0v) is 9.24. The van der Waals surface area contributed by atoms with E-state index < -0.39 is 6.04 Å². The molecule has 0 amide bonds. The summed E-state index contributed by atoms with van der Waals surface area (Å²) < 4.78 is 5.12. The van der Waals surface area contributed by atoms with E-state index in [0.717, 1.165) is 0 Å². The van der Waals surface area contributed by atoms with Crippen LogP contribution in [0.2, 0.25) is 0 Å². The van der Waals surface area contributed by atoms with E-state index in [1.54, 1.807) is 30.9 Å². The third-order valence-electron chi connectivity index (χ3n) is 2.17. The van der Waals surface area contributed by atoms with Crippen LogP contribution in [0.1, 0.15) is 17.6 Å². The molecule has 2 heterocycles. The van der Waals surface area contributed by atoms with Crippen LogP contribution in [0.3, 0.4) is 0 Å². The summed E-state index contributed by atoms with van der Waals surface area (Å²) in [5.41, 5.74) is 3.15. The first-order valence-corrected chi connectivity index (χ1v) is 4.94. The summed E-state index contributed by atoms with van der Waals surface area (Å²) >= 11 is 0. The first-order valence-electron chi connectivity index (χ1n) is 4.94. The number of rotatable bonds is 4. The summed E-state index contributed by atoms with van der Waals surface area (Å²) in [5.74, 6) is 6.41. The smallest absolute Gasteiger partial charge is 0.237 e. The molecule has 7 nitrogen and oxygen atoms in total. The van der Waals surface area contributed by atoms with Gasteiger partial charge in [0, 0.05) is 24.8 Å². The molecule has 3 N–H and O–H groups in total. The van der Waals surface area contributed by atoms with Gasteiger partial charge >= 0.3 is 0 Å². The van der Waals surface area contributed by atoms with Crippen molar-refractivity contribution in [1.29, 1.82) is 0 Å². The molecular weight excluding hydrogens is 220 g/mol. The fourth-order valence-electron chi connectivity index (χ4n) is 1.43. The predicted octanol–water partition coefficient (Wildman–Crippen LogP) is -0.172. The molecule has 0 aliphatic rings. The highest BCUT2D eigenvalue weighted by molar-refractivity contribution is 5.26. The van der Waals surface area contributed by atoms with Crippen LogP contribution < -0.4 is 16.0 Å². The molecule has 17 heavy (non-hydrogen) atoms. The molecule has 1 unspecified atom stereocenters. The average Bonchev–Trinajstić information content (AvgIpc) is 2.41. The number of hydrogen-bond acceptors (Lipinski definition) is 7. The Hall–Kier alpha value is -2.12. The van der Waals surface area contributed by atoms with E-state index in [2.05, 4.69) is 25.4 Å². The topological polar surface area (TPSA) is 98.8 Å². The number of nitrogens with one attached hydrogen (secondary N) is 1. The maximum Gasteiger partial charge on any atom is 0.237 e. The highest BCUT2D eigenvalue weighted by atomic mass is 16.5. The molecule has 0 saturated carbocycles. The van der Waals surface area contributed by atoms with Crippen LogP contribution in [0.15, 0.2) is 30.9 Å². The maximum atomic E-state index is 5.51. The first kappa shape index (κ1) is 11.4. The Bertz CT molecular complexity index is 477. The number of ether oxygens (including phenoxy) is 1. The van der Waals surface area contributed by atoms with Crippen LogP contribution >= 0.6 is 0 Å². The lowest BCUT2D eigenvalue weighted by atomic mass is 10.2. The van der Waals surface area contributed by atoms with Gasteiger partial charge < -0.3 is 4.74 Å². The van der Waals surface area contributed by atoms with E-state index in [9.17, 15) is 0 Å². The van der Waals surface area contributed by atoms with E-state index in [0.29, 0.717) is 17.4 Å². The van der Waals surface area contributed by atoms with Crippen molar-refractivity contribution in [1.82, 2.24) is 25.4 Å². The summed E-state index contributed by atoms with van der Waals surface area (Å²) in [4.78, 5) is 16.5. The predicted molar refractivity (Wildman–Crippen MR) is 59.8 cm³/mol. The van der Waals surface area contributed by atoms with Crippen LogP contribution in [0.4, 0.5) is 0 Å². The summed E-state index contributed by atoms with van der Waals surface area (Å²) in [6.07, 6.45) is 6.37. The van der Waals surface area contributed by atoms with Crippen molar-refractivity contribution in [2.24, 2.45) is 5.84 Å². The van der Waals surface area contributed by atoms with Gasteiger partial charge in [-0.05, 0) is 6.07 Å². The Morgan fingerprint density at radius 3 is 2.47 bits per heavy atom. The van der Waals surface area contributed by atoms with Gasteiger partial charge in [-0.3, -0.25) is 10.8 Å². The highest BCUT2D eigenvalue weighted by Crippen LogP contribution is 2.22. The standard InChI is InChI=1S/C10H12N6O/c1-17-10-8(12-5-6-15-10)7(16-11)9-13-3-2-4-14-9/h2-7,16H,11H2,1H3. The van der Waals surface area contributed by atoms with Crippen LogP contribution in [0.25, 0.3) is 0 Å². The second-order valence-electron chi connectivity index (χ2n) is 3.16. The minimum Gasteiger partial charge on any atom is -0.480 e. The summed E-state index contributed by atoms with van der Waals surface area (Å²) in [6.45, 7) is 0. The Labute approximate surface area is 98.1 Å². The van der Waals surface area contributed by atoms with Gasteiger partial charge in [0.1, 0.15) is 11.7 Å². The zero-order valence-electron chi connectivity index (χ0n) is 9.24. The van der Waals surface area contributed by atoms with Gasteiger partial charge in [-0.2, -0.15) is 0 Å². The second kappa shape index (κ2) is 5.28. The number of nitrogens with zero attached hydrogens (tertiary/aromatic N) is 4. The van der Waals surface area contributed by atoms with Gasteiger partial charge in [0.2, 0.25) is 5.88 Å². The van der Waals surface area contributed by atoms with Gasteiger partial charge in [0.15, 0.2) is 5.82 Å². The molecule has 0 aromatic carbocycles. The maximum absolute atomic E-state index is 5.51. The molecule has 0 bridgehead atoms. The fourth-order valence-corrected chi connectivity index (χ4v) is 1.43. The molecule has 7 heteroatoms. The van der Waals surface area contributed by atoms with Gasteiger partial charge in [0.25, 0.3) is 0 Å². The molecule has 0 aliphatic heterocycles. The third-order valence-corrected chi connectivity index (χ3v) is 2.17. The lowest BCUT2D eigenvalue weighted by Gasteiger charge is -2.15. The van der Waals surface area contributed by atoms with Crippen molar-refractivity contribution in [3.05, 3.63) is 42.4 Å². The fraction of sp³-hybridized carbons (Fsp3) is 0.200. The number of nitrogens with two attached hydrogens (primary N) is 1. The van der Waals surface area contributed by atoms with Gasteiger partial charge in [-0.1, -0.05) is 0 Å². The molecule has 0 fully saturated rings. The Kier molecular flexibility index (Phi) is 3.53. The minimum absolute atomic E-state index is 0.392. The van der Waals surface area contributed by atoms with Gasteiger partial charge in [-0.15, -0.1) is 0 Å². The van der Waals surface area contributed by atoms with E-state index in [1.807, 2.05) is 0 Å². The number of hydrazine groups is 1. The number of methoxy groups -OCH3 is 1. The quantitative estimate of drug-likeness (QED) is 0.557. The molecule has 2 rings (SSSR count). The van der Waals surface area contributed by atoms with Crippen molar-refractivity contribution in [2.45, 2.75) is 6.04 Å². The average molecular weight is 232 g/mol. The van der Waals surface area contributed by atoms with Crippen LogP contribution in [0, 0.1) is 0 Å².